The van der Waals surface area contributed by atoms with E-state index < -0.39 is 0 Å². The molecule has 0 radical (unpaired) electrons. The highest BCUT2D eigenvalue weighted by molar-refractivity contribution is 5.91. The second-order valence-electron chi connectivity index (χ2n) is 8.06. The van der Waals surface area contributed by atoms with Gasteiger partial charge in [-0.3, -0.25) is 4.98 Å². The fourth-order valence-corrected chi connectivity index (χ4v) is 5.29. The summed E-state index contributed by atoms with van der Waals surface area (Å²) in [6.45, 7) is 0. The molecular weight excluding hydrogens is 340 g/mol. The van der Waals surface area contributed by atoms with Crippen LogP contribution in [0.5, 0.6) is 0 Å². The molecule has 3 heterocycles. The van der Waals surface area contributed by atoms with Crippen LogP contribution in [0.2, 0.25) is 0 Å². The largest absolute Gasteiger partial charge is 0.308 e. The molecule has 0 saturated carbocycles. The van der Waals surface area contributed by atoms with E-state index in [1.54, 1.807) is 0 Å². The number of hydrogen-bond acceptors (Lipinski definition) is 2. The number of aromatic nitrogens is 1. The molecule has 0 N–H and O–H groups in total. The normalized spacial score (nSPS) is 14.6. The van der Waals surface area contributed by atoms with Crippen molar-refractivity contribution in [2.45, 2.75) is 19.3 Å². The van der Waals surface area contributed by atoms with Crippen LogP contribution >= 0.6 is 0 Å². The van der Waals surface area contributed by atoms with E-state index in [0.717, 1.165) is 19.3 Å². The summed E-state index contributed by atoms with van der Waals surface area (Å²) in [6.07, 6.45) is 4.91. The Hall–Kier alpha value is -3.39. The maximum Gasteiger partial charge on any atom is 0.0716 e. The van der Waals surface area contributed by atoms with Crippen molar-refractivity contribution in [3.05, 3.63) is 106 Å². The van der Waals surface area contributed by atoms with E-state index in [-0.39, 0.29) is 0 Å². The highest BCUT2D eigenvalue weighted by Crippen LogP contribution is 2.51. The Morgan fingerprint density at radius 1 is 0.607 bits per heavy atom. The lowest BCUT2D eigenvalue weighted by molar-refractivity contribution is 0.959. The lowest BCUT2D eigenvalue weighted by atomic mass is 9.87. The van der Waals surface area contributed by atoms with Gasteiger partial charge in [-0.05, 0) is 69.6 Å². The Morgan fingerprint density at radius 3 is 2.39 bits per heavy atom. The van der Waals surface area contributed by atoms with Gasteiger partial charge in [0.2, 0.25) is 0 Å². The van der Waals surface area contributed by atoms with Crippen molar-refractivity contribution < 1.29 is 0 Å². The highest BCUT2D eigenvalue weighted by atomic mass is 15.2. The third-order valence-corrected chi connectivity index (χ3v) is 6.51. The van der Waals surface area contributed by atoms with Crippen LogP contribution < -0.4 is 4.90 Å². The van der Waals surface area contributed by atoms with Crippen molar-refractivity contribution in [2.24, 2.45) is 0 Å². The van der Waals surface area contributed by atoms with Gasteiger partial charge in [0.15, 0.2) is 0 Å². The zero-order chi connectivity index (χ0) is 18.2. The molecule has 1 aromatic heterocycles. The number of nitrogens with zero attached hydrogens (tertiary/aromatic N) is 2. The average molecular weight is 358 g/mol. The molecule has 0 spiro atoms. The molecule has 28 heavy (non-hydrogen) atoms. The number of benzene rings is 3. The zero-order valence-corrected chi connectivity index (χ0v) is 15.4. The molecule has 1 aliphatic carbocycles. The molecule has 4 aromatic rings. The Balaban J connectivity index is 1.51. The minimum absolute atomic E-state index is 0.918. The smallest absolute Gasteiger partial charge is 0.0716 e. The van der Waals surface area contributed by atoms with Gasteiger partial charge in [-0.25, -0.2) is 0 Å². The zero-order valence-electron chi connectivity index (χ0n) is 15.4. The molecular formula is C26H18N2. The van der Waals surface area contributed by atoms with Crippen LogP contribution in [-0.2, 0) is 19.3 Å². The molecule has 2 nitrogen and oxygen atoms in total. The molecule has 0 amide bonds. The lowest BCUT2D eigenvalue weighted by Gasteiger charge is -2.39. The molecule has 132 valence electrons. The SMILES string of the molecule is c1ccc2c(c1)Cc1cc3c(cc1-2)Cc1ccnc2c1N3c1ccccc1C2. The van der Waals surface area contributed by atoms with E-state index in [1.165, 1.54) is 61.7 Å². The molecule has 7 rings (SSSR count). The van der Waals surface area contributed by atoms with Gasteiger partial charge in [0, 0.05) is 24.7 Å². The first-order chi connectivity index (χ1) is 13.9. The van der Waals surface area contributed by atoms with Crippen LogP contribution in [0, 0.1) is 0 Å². The summed E-state index contributed by atoms with van der Waals surface area (Å²) < 4.78 is 0. The molecule has 2 aliphatic heterocycles. The van der Waals surface area contributed by atoms with Gasteiger partial charge in [0.05, 0.1) is 17.1 Å². The van der Waals surface area contributed by atoms with Gasteiger partial charge in [0.1, 0.15) is 0 Å². The number of rotatable bonds is 0. The van der Waals surface area contributed by atoms with E-state index >= 15 is 0 Å². The van der Waals surface area contributed by atoms with Gasteiger partial charge in [0.25, 0.3) is 0 Å². The molecule has 3 aromatic carbocycles. The van der Waals surface area contributed by atoms with Gasteiger partial charge < -0.3 is 4.90 Å². The van der Waals surface area contributed by atoms with Crippen LogP contribution in [0.15, 0.2) is 72.9 Å². The number of pyridine rings is 1. The van der Waals surface area contributed by atoms with Crippen LogP contribution in [0.3, 0.4) is 0 Å². The number of para-hydroxylation sites is 1. The fourth-order valence-electron chi connectivity index (χ4n) is 5.29. The van der Waals surface area contributed by atoms with Gasteiger partial charge >= 0.3 is 0 Å². The van der Waals surface area contributed by atoms with Crippen LogP contribution in [0.1, 0.15) is 33.5 Å². The van der Waals surface area contributed by atoms with Crippen LogP contribution in [0.4, 0.5) is 17.1 Å². The van der Waals surface area contributed by atoms with E-state index in [4.69, 9.17) is 4.98 Å². The Bertz CT molecular complexity index is 1300. The summed E-state index contributed by atoms with van der Waals surface area (Å²) in [5.74, 6) is 0. The molecule has 0 bridgehead atoms. The van der Waals surface area contributed by atoms with E-state index in [9.17, 15) is 0 Å². The molecule has 0 saturated heterocycles. The van der Waals surface area contributed by atoms with E-state index in [1.807, 2.05) is 6.20 Å². The lowest BCUT2D eigenvalue weighted by Crippen LogP contribution is -2.25. The third kappa shape index (κ3) is 1.80. The van der Waals surface area contributed by atoms with Crippen molar-refractivity contribution >= 4 is 17.1 Å². The molecule has 0 atom stereocenters. The third-order valence-electron chi connectivity index (χ3n) is 6.51. The summed E-state index contributed by atoms with van der Waals surface area (Å²) >= 11 is 0. The topological polar surface area (TPSA) is 16.1 Å². The standard InChI is InChI=1S/C26H18N2/c1-3-7-21-16(5-1)11-19-15-25-20(13-22(19)21)12-18-9-10-27-23-14-17-6-2-4-8-24(17)28(25)26(18)23/h1-10,13,15H,11-12,14H2. The second-order valence-corrected chi connectivity index (χ2v) is 8.06. The van der Waals surface area contributed by atoms with Gasteiger partial charge in [-0.1, -0.05) is 42.5 Å². The maximum atomic E-state index is 4.75. The Morgan fingerprint density at radius 2 is 1.43 bits per heavy atom. The van der Waals surface area contributed by atoms with Gasteiger partial charge in [-0.15, -0.1) is 0 Å². The Labute approximate surface area is 164 Å². The first-order valence-electron chi connectivity index (χ1n) is 9.96. The summed E-state index contributed by atoms with van der Waals surface area (Å²) in [7, 11) is 0. The summed E-state index contributed by atoms with van der Waals surface area (Å²) in [4.78, 5) is 7.22. The van der Waals surface area contributed by atoms with E-state index in [0.29, 0.717) is 0 Å². The number of fused-ring (bicyclic) bond motifs is 7. The second kappa shape index (κ2) is 5.11. The monoisotopic (exact) mass is 358 g/mol. The predicted octanol–water partition coefficient (Wildman–Crippen LogP) is 5.93. The summed E-state index contributed by atoms with van der Waals surface area (Å²) in [5.41, 5.74) is 15.0. The maximum absolute atomic E-state index is 4.75. The summed E-state index contributed by atoms with van der Waals surface area (Å²) in [6, 6.07) is 24.7. The van der Waals surface area contributed by atoms with Crippen molar-refractivity contribution in [1.82, 2.24) is 4.98 Å². The molecule has 0 unspecified atom stereocenters. The van der Waals surface area contributed by atoms with Crippen molar-refractivity contribution in [3.8, 4) is 11.1 Å². The minimum Gasteiger partial charge on any atom is -0.308 e. The fraction of sp³-hybridized carbons (Fsp3) is 0.115. The first kappa shape index (κ1) is 14.6. The average Bonchev–Trinajstić information content (AvgIpc) is 3.09. The van der Waals surface area contributed by atoms with Gasteiger partial charge in [-0.2, -0.15) is 0 Å². The van der Waals surface area contributed by atoms with Crippen LogP contribution in [-0.4, -0.2) is 4.98 Å². The quantitative estimate of drug-likeness (QED) is 0.334. The van der Waals surface area contributed by atoms with Crippen molar-refractivity contribution in [1.29, 1.82) is 0 Å². The number of anilines is 3. The van der Waals surface area contributed by atoms with Crippen molar-refractivity contribution in [3.63, 3.8) is 0 Å². The summed E-state index contributed by atoms with van der Waals surface area (Å²) in [5, 5.41) is 0. The minimum atomic E-state index is 0.918. The first-order valence-corrected chi connectivity index (χ1v) is 9.96. The highest BCUT2D eigenvalue weighted by Gasteiger charge is 2.33. The number of hydrogen-bond donors (Lipinski definition) is 0. The molecule has 3 aliphatic rings. The van der Waals surface area contributed by atoms with Crippen LogP contribution in [0.25, 0.3) is 11.1 Å². The van der Waals surface area contributed by atoms with E-state index in [2.05, 4.69) is 71.6 Å². The predicted molar refractivity (Wildman–Crippen MR) is 113 cm³/mol. The Kier molecular flexibility index (Phi) is 2.67. The molecule has 2 heteroatoms. The molecule has 0 fully saturated rings. The van der Waals surface area contributed by atoms with Crippen molar-refractivity contribution in [2.75, 3.05) is 4.90 Å².